The first-order chi connectivity index (χ1) is 13.2. The van der Waals surface area contributed by atoms with E-state index in [-0.39, 0.29) is 11.8 Å². The van der Waals surface area contributed by atoms with Gasteiger partial charge < -0.3 is 4.90 Å². The molecule has 27 heavy (non-hydrogen) atoms. The molecule has 1 amide bonds. The van der Waals surface area contributed by atoms with E-state index in [2.05, 4.69) is 53.3 Å². The van der Waals surface area contributed by atoms with Crippen molar-refractivity contribution in [2.24, 2.45) is 0 Å². The SMILES string of the molecule is Cc1cccc(-c2cccc([C@H]3CCCN(C(=O)c4cnccn4)C3)n2)c1. The fraction of sp³-hybridized carbons (Fsp3) is 0.273. The van der Waals surface area contributed by atoms with Gasteiger partial charge in [-0.3, -0.25) is 14.8 Å². The van der Waals surface area contributed by atoms with Gasteiger partial charge in [-0.2, -0.15) is 0 Å². The zero-order valence-electron chi connectivity index (χ0n) is 15.4. The molecule has 1 saturated heterocycles. The van der Waals surface area contributed by atoms with Crippen LogP contribution in [0, 0.1) is 6.92 Å². The molecule has 0 aliphatic carbocycles. The van der Waals surface area contributed by atoms with Crippen LogP contribution in [0.1, 0.15) is 40.5 Å². The molecule has 1 aliphatic rings. The van der Waals surface area contributed by atoms with E-state index in [0.29, 0.717) is 12.2 Å². The van der Waals surface area contributed by atoms with E-state index in [1.54, 1.807) is 12.4 Å². The lowest BCUT2D eigenvalue weighted by Crippen LogP contribution is -2.39. The molecule has 0 bridgehead atoms. The Morgan fingerprint density at radius 2 is 2.04 bits per heavy atom. The number of hydrogen-bond donors (Lipinski definition) is 0. The molecule has 0 radical (unpaired) electrons. The van der Waals surface area contributed by atoms with Crippen LogP contribution in [0.25, 0.3) is 11.3 Å². The minimum atomic E-state index is -0.0531. The van der Waals surface area contributed by atoms with Gasteiger partial charge in [-0.1, -0.05) is 29.8 Å². The first-order valence-electron chi connectivity index (χ1n) is 9.30. The quantitative estimate of drug-likeness (QED) is 0.713. The summed E-state index contributed by atoms with van der Waals surface area (Å²) in [4.78, 5) is 27.6. The normalized spacial score (nSPS) is 16.9. The highest BCUT2D eigenvalue weighted by atomic mass is 16.2. The second-order valence-corrected chi connectivity index (χ2v) is 7.00. The largest absolute Gasteiger partial charge is 0.337 e. The van der Waals surface area contributed by atoms with Gasteiger partial charge in [-0.05, 0) is 38.0 Å². The number of benzene rings is 1. The Labute approximate surface area is 159 Å². The summed E-state index contributed by atoms with van der Waals surface area (Å²) in [7, 11) is 0. The highest BCUT2D eigenvalue weighted by molar-refractivity contribution is 5.92. The molecular formula is C22H22N4O. The Morgan fingerprint density at radius 1 is 1.15 bits per heavy atom. The Hall–Kier alpha value is -3.08. The standard InChI is InChI=1S/C22H22N4O/c1-16-5-2-6-17(13-16)19-8-3-9-20(25-19)18-7-4-12-26(15-18)22(27)21-14-23-10-11-24-21/h2-3,5-6,8-11,13-14,18H,4,7,12,15H2,1H3/t18-/m0/s1. The van der Waals surface area contributed by atoms with Gasteiger partial charge in [0.05, 0.1) is 11.9 Å². The number of carbonyl (C=O) groups excluding carboxylic acids is 1. The number of aryl methyl sites for hydroxylation is 1. The summed E-state index contributed by atoms with van der Waals surface area (Å²) in [5.74, 6) is 0.187. The molecule has 0 saturated carbocycles. The van der Waals surface area contributed by atoms with Crippen LogP contribution in [-0.2, 0) is 0 Å². The minimum absolute atomic E-state index is 0.0531. The van der Waals surface area contributed by atoms with Gasteiger partial charge in [0, 0.05) is 42.7 Å². The molecule has 1 atom stereocenters. The molecule has 3 heterocycles. The number of amides is 1. The van der Waals surface area contributed by atoms with Gasteiger partial charge in [-0.15, -0.1) is 0 Å². The maximum absolute atomic E-state index is 12.7. The van der Waals surface area contributed by atoms with Crippen LogP contribution in [-0.4, -0.2) is 38.8 Å². The molecule has 5 heteroatoms. The molecule has 136 valence electrons. The van der Waals surface area contributed by atoms with Crippen molar-refractivity contribution in [1.29, 1.82) is 0 Å². The molecule has 4 rings (SSSR count). The number of rotatable bonds is 3. The van der Waals surface area contributed by atoms with E-state index < -0.39 is 0 Å². The third-order valence-electron chi connectivity index (χ3n) is 4.99. The Morgan fingerprint density at radius 3 is 2.85 bits per heavy atom. The van der Waals surface area contributed by atoms with E-state index >= 15 is 0 Å². The number of hydrogen-bond acceptors (Lipinski definition) is 4. The monoisotopic (exact) mass is 358 g/mol. The summed E-state index contributed by atoms with van der Waals surface area (Å²) in [6.45, 7) is 3.51. The summed E-state index contributed by atoms with van der Waals surface area (Å²) in [6.07, 6.45) is 6.67. The van der Waals surface area contributed by atoms with Crippen molar-refractivity contribution in [3.05, 3.63) is 78.0 Å². The molecule has 3 aromatic rings. The van der Waals surface area contributed by atoms with E-state index in [4.69, 9.17) is 4.98 Å². The van der Waals surface area contributed by atoms with Crippen molar-refractivity contribution in [2.75, 3.05) is 13.1 Å². The average molecular weight is 358 g/mol. The van der Waals surface area contributed by atoms with Crippen molar-refractivity contribution < 1.29 is 4.79 Å². The number of carbonyl (C=O) groups is 1. The van der Waals surface area contributed by atoms with Crippen molar-refractivity contribution in [3.63, 3.8) is 0 Å². The lowest BCUT2D eigenvalue weighted by molar-refractivity contribution is 0.0699. The highest BCUT2D eigenvalue weighted by Gasteiger charge is 2.27. The van der Waals surface area contributed by atoms with Crippen LogP contribution in [0.5, 0.6) is 0 Å². The maximum Gasteiger partial charge on any atom is 0.274 e. The molecule has 0 spiro atoms. The van der Waals surface area contributed by atoms with Gasteiger partial charge in [0.25, 0.3) is 5.91 Å². The second-order valence-electron chi connectivity index (χ2n) is 7.00. The van der Waals surface area contributed by atoms with Gasteiger partial charge in [0.2, 0.25) is 0 Å². The fourth-order valence-corrected chi connectivity index (χ4v) is 3.62. The maximum atomic E-state index is 12.7. The number of nitrogens with zero attached hydrogens (tertiary/aromatic N) is 4. The summed E-state index contributed by atoms with van der Waals surface area (Å²) >= 11 is 0. The zero-order valence-corrected chi connectivity index (χ0v) is 15.4. The summed E-state index contributed by atoms with van der Waals surface area (Å²) in [5, 5.41) is 0. The van der Waals surface area contributed by atoms with Gasteiger partial charge >= 0.3 is 0 Å². The molecule has 1 aromatic carbocycles. The molecule has 1 aliphatic heterocycles. The lowest BCUT2D eigenvalue weighted by atomic mass is 9.93. The van der Waals surface area contributed by atoms with Crippen LogP contribution < -0.4 is 0 Å². The number of pyridine rings is 1. The first kappa shape index (κ1) is 17.3. The van der Waals surface area contributed by atoms with Gasteiger partial charge in [0.15, 0.2) is 0 Å². The fourth-order valence-electron chi connectivity index (χ4n) is 3.62. The van der Waals surface area contributed by atoms with Crippen molar-refractivity contribution in [1.82, 2.24) is 19.9 Å². The molecule has 0 N–H and O–H groups in total. The van der Waals surface area contributed by atoms with Crippen molar-refractivity contribution >= 4 is 5.91 Å². The zero-order chi connectivity index (χ0) is 18.6. The number of likely N-dealkylation sites (tertiary alicyclic amines) is 1. The predicted molar refractivity (Wildman–Crippen MR) is 104 cm³/mol. The van der Waals surface area contributed by atoms with Crippen LogP contribution >= 0.6 is 0 Å². The average Bonchev–Trinajstić information content (AvgIpc) is 2.74. The Bertz CT molecular complexity index is 942. The van der Waals surface area contributed by atoms with E-state index in [1.807, 2.05) is 11.0 Å². The van der Waals surface area contributed by atoms with Crippen LogP contribution in [0.3, 0.4) is 0 Å². The van der Waals surface area contributed by atoms with Crippen LogP contribution in [0.15, 0.2) is 61.1 Å². The van der Waals surface area contributed by atoms with Crippen molar-refractivity contribution in [2.45, 2.75) is 25.7 Å². The molecule has 0 unspecified atom stereocenters. The first-order valence-corrected chi connectivity index (χ1v) is 9.30. The third kappa shape index (κ3) is 3.87. The van der Waals surface area contributed by atoms with E-state index in [9.17, 15) is 4.79 Å². The molecule has 1 fully saturated rings. The Balaban J connectivity index is 1.55. The number of piperidine rings is 1. The lowest BCUT2D eigenvalue weighted by Gasteiger charge is -2.32. The Kier molecular flexibility index (Phi) is 4.92. The van der Waals surface area contributed by atoms with Gasteiger partial charge in [0.1, 0.15) is 5.69 Å². The van der Waals surface area contributed by atoms with E-state index in [1.165, 1.54) is 11.8 Å². The second kappa shape index (κ2) is 7.66. The predicted octanol–water partition coefficient (Wildman–Crippen LogP) is 3.87. The van der Waals surface area contributed by atoms with Crippen LogP contribution in [0.2, 0.25) is 0 Å². The summed E-state index contributed by atoms with van der Waals surface area (Å²) in [5.41, 5.74) is 4.78. The minimum Gasteiger partial charge on any atom is -0.337 e. The topological polar surface area (TPSA) is 59.0 Å². The molecule has 5 nitrogen and oxygen atoms in total. The third-order valence-corrected chi connectivity index (χ3v) is 4.99. The smallest absolute Gasteiger partial charge is 0.274 e. The van der Waals surface area contributed by atoms with Crippen LogP contribution in [0.4, 0.5) is 0 Å². The molecular weight excluding hydrogens is 336 g/mol. The molecule has 2 aromatic heterocycles. The van der Waals surface area contributed by atoms with Gasteiger partial charge in [-0.25, -0.2) is 4.98 Å². The highest BCUT2D eigenvalue weighted by Crippen LogP contribution is 2.28. The summed E-state index contributed by atoms with van der Waals surface area (Å²) in [6, 6.07) is 14.6. The summed E-state index contributed by atoms with van der Waals surface area (Å²) < 4.78 is 0. The number of aromatic nitrogens is 3. The van der Waals surface area contributed by atoms with Crippen molar-refractivity contribution in [3.8, 4) is 11.3 Å². The van der Waals surface area contributed by atoms with E-state index in [0.717, 1.165) is 36.3 Å².